The number of allylic oxidation sites excluding steroid dienone is 1. The van der Waals surface area contributed by atoms with Gasteiger partial charge in [-0.15, -0.1) is 0 Å². The van der Waals surface area contributed by atoms with Gasteiger partial charge in [0.25, 0.3) is 0 Å². The second-order valence-corrected chi connectivity index (χ2v) is 5.13. The fourth-order valence-corrected chi connectivity index (χ4v) is 2.33. The van der Waals surface area contributed by atoms with Gasteiger partial charge in [0.2, 0.25) is 0 Å². The molecule has 0 radical (unpaired) electrons. The summed E-state index contributed by atoms with van der Waals surface area (Å²) in [7, 11) is 0. The molecule has 1 aliphatic heterocycles. The number of hydrogen-bond donors (Lipinski definition) is 2. The van der Waals surface area contributed by atoms with Crippen molar-refractivity contribution < 1.29 is 4.74 Å². The number of hydrogen-bond acceptors (Lipinski definition) is 3. The van der Waals surface area contributed by atoms with E-state index < -0.39 is 0 Å². The van der Waals surface area contributed by atoms with E-state index in [2.05, 4.69) is 27.4 Å². The first-order valence-electron chi connectivity index (χ1n) is 5.46. The zero-order valence-corrected chi connectivity index (χ0v) is 11.6. The topological polar surface area (TPSA) is 47.3 Å². The molecule has 0 bridgehead atoms. The fourth-order valence-electron chi connectivity index (χ4n) is 1.81. The molecule has 1 atom stereocenters. The monoisotopic (exact) mass is 316 g/mol. The molecule has 92 valence electrons. The average molecular weight is 318 g/mol. The third-order valence-corrected chi connectivity index (χ3v) is 3.90. The van der Waals surface area contributed by atoms with E-state index in [9.17, 15) is 0 Å². The number of ether oxygens (including phenoxy) is 1. The normalized spacial score (nSPS) is 17.2. The second kappa shape index (κ2) is 5.87. The molecule has 0 spiro atoms. The van der Waals surface area contributed by atoms with E-state index >= 15 is 0 Å². The summed E-state index contributed by atoms with van der Waals surface area (Å²) in [4.78, 5) is 0. The Morgan fingerprint density at radius 1 is 1.47 bits per heavy atom. The predicted octanol–water partition coefficient (Wildman–Crippen LogP) is 3.30. The molecule has 3 nitrogen and oxygen atoms in total. The van der Waals surface area contributed by atoms with Crippen LogP contribution in [0.25, 0.3) is 0 Å². The van der Waals surface area contributed by atoms with Gasteiger partial charge in [-0.3, -0.25) is 5.84 Å². The lowest BCUT2D eigenvalue weighted by Crippen LogP contribution is -2.31. The van der Waals surface area contributed by atoms with Gasteiger partial charge in [0, 0.05) is 4.47 Å². The highest BCUT2D eigenvalue weighted by Crippen LogP contribution is 2.30. The number of halogens is 2. The number of rotatable bonds is 3. The maximum Gasteiger partial charge on any atom is 0.115 e. The molecule has 0 saturated carbocycles. The van der Waals surface area contributed by atoms with Gasteiger partial charge in [-0.25, -0.2) is 5.43 Å². The van der Waals surface area contributed by atoms with Gasteiger partial charge in [0.05, 0.1) is 11.6 Å². The van der Waals surface area contributed by atoms with Gasteiger partial charge >= 0.3 is 0 Å². The summed E-state index contributed by atoms with van der Waals surface area (Å²) in [5.41, 5.74) is 3.80. The maximum absolute atomic E-state index is 5.97. The van der Waals surface area contributed by atoms with E-state index in [-0.39, 0.29) is 6.04 Å². The molecule has 3 N–H and O–H groups in total. The van der Waals surface area contributed by atoms with Gasteiger partial charge in [-0.05, 0) is 52.5 Å². The van der Waals surface area contributed by atoms with E-state index in [0.717, 1.165) is 35.2 Å². The lowest BCUT2D eigenvalue weighted by Gasteiger charge is -2.23. The molecule has 5 heteroatoms. The molecule has 1 aromatic rings. The van der Waals surface area contributed by atoms with E-state index in [1.807, 2.05) is 18.2 Å². The smallest absolute Gasteiger partial charge is 0.115 e. The van der Waals surface area contributed by atoms with Crippen LogP contribution in [0.2, 0.25) is 5.02 Å². The molecule has 0 saturated heterocycles. The third-order valence-electron chi connectivity index (χ3n) is 2.69. The first-order valence-corrected chi connectivity index (χ1v) is 6.63. The molecular weight excluding hydrogens is 304 g/mol. The van der Waals surface area contributed by atoms with Crippen molar-refractivity contribution in [1.82, 2.24) is 5.43 Å². The van der Waals surface area contributed by atoms with Crippen molar-refractivity contribution in [2.75, 3.05) is 6.61 Å². The highest BCUT2D eigenvalue weighted by Gasteiger charge is 2.19. The van der Waals surface area contributed by atoms with E-state index in [1.165, 1.54) is 0 Å². The minimum Gasteiger partial charge on any atom is -0.496 e. The van der Waals surface area contributed by atoms with Crippen molar-refractivity contribution in [1.29, 1.82) is 0 Å². The maximum atomic E-state index is 5.97. The molecule has 0 amide bonds. The predicted molar refractivity (Wildman–Crippen MR) is 72.5 cm³/mol. The molecule has 1 aromatic carbocycles. The van der Waals surface area contributed by atoms with Crippen LogP contribution >= 0.6 is 27.5 Å². The number of hydrazine groups is 1. The van der Waals surface area contributed by atoms with Crippen LogP contribution in [0.4, 0.5) is 0 Å². The molecule has 1 unspecified atom stereocenters. The minimum atomic E-state index is -0.121. The minimum absolute atomic E-state index is 0.121. The summed E-state index contributed by atoms with van der Waals surface area (Å²) >= 11 is 9.38. The first-order chi connectivity index (χ1) is 8.22. The van der Waals surface area contributed by atoms with Gasteiger partial charge < -0.3 is 4.74 Å². The third kappa shape index (κ3) is 3.01. The Kier molecular flexibility index (Phi) is 4.45. The van der Waals surface area contributed by atoms with Crippen LogP contribution in [0.1, 0.15) is 24.4 Å². The summed E-state index contributed by atoms with van der Waals surface area (Å²) in [5, 5.41) is 0.683. The van der Waals surface area contributed by atoms with Crippen molar-refractivity contribution in [3.63, 3.8) is 0 Å². The largest absolute Gasteiger partial charge is 0.496 e. The van der Waals surface area contributed by atoms with Crippen molar-refractivity contribution in [3.05, 3.63) is 45.1 Å². The summed E-state index contributed by atoms with van der Waals surface area (Å²) in [5.74, 6) is 6.49. The van der Waals surface area contributed by atoms with Crippen molar-refractivity contribution in [3.8, 4) is 0 Å². The Morgan fingerprint density at radius 2 is 2.29 bits per heavy atom. The van der Waals surface area contributed by atoms with Crippen LogP contribution < -0.4 is 11.3 Å². The van der Waals surface area contributed by atoms with Crippen molar-refractivity contribution in [2.45, 2.75) is 18.9 Å². The zero-order valence-electron chi connectivity index (χ0n) is 9.25. The average Bonchev–Trinajstić information content (AvgIpc) is 2.36. The van der Waals surface area contributed by atoms with E-state index in [1.54, 1.807) is 0 Å². The standard InChI is InChI=1S/C12H14BrClN2O/c13-9-7-8(4-5-10(9)14)12(16-15)11-3-1-2-6-17-11/h3-5,7,12,16H,1-2,6,15H2. The summed E-state index contributed by atoms with van der Waals surface area (Å²) in [6.45, 7) is 0.749. The Bertz CT molecular complexity index is 437. The Labute approximate surface area is 114 Å². The quantitative estimate of drug-likeness (QED) is 0.664. The molecule has 0 aromatic heterocycles. The fraction of sp³-hybridized carbons (Fsp3) is 0.333. The molecule has 0 aliphatic carbocycles. The van der Waals surface area contributed by atoms with Gasteiger partial charge in [0.15, 0.2) is 0 Å². The van der Waals surface area contributed by atoms with Crippen LogP contribution in [0.3, 0.4) is 0 Å². The lowest BCUT2D eigenvalue weighted by atomic mass is 10.0. The Hall–Kier alpha value is -0.550. The lowest BCUT2D eigenvalue weighted by molar-refractivity contribution is 0.168. The van der Waals surface area contributed by atoms with Gasteiger partial charge in [0.1, 0.15) is 11.8 Å². The number of benzene rings is 1. The number of nitrogens with two attached hydrogens (primary N) is 1. The van der Waals surface area contributed by atoms with E-state index in [0.29, 0.717) is 5.02 Å². The van der Waals surface area contributed by atoms with E-state index in [4.69, 9.17) is 22.2 Å². The number of nitrogens with one attached hydrogen (secondary N) is 1. The zero-order chi connectivity index (χ0) is 12.3. The SMILES string of the molecule is NNC(C1=CCCCO1)c1ccc(Cl)c(Br)c1. The molecule has 1 aliphatic rings. The highest BCUT2D eigenvalue weighted by molar-refractivity contribution is 9.10. The summed E-state index contributed by atoms with van der Waals surface area (Å²) in [6, 6.07) is 5.61. The Morgan fingerprint density at radius 3 is 2.88 bits per heavy atom. The Balaban J connectivity index is 2.28. The highest BCUT2D eigenvalue weighted by atomic mass is 79.9. The molecule has 17 heavy (non-hydrogen) atoms. The van der Waals surface area contributed by atoms with Crippen LogP contribution in [-0.2, 0) is 4.74 Å². The van der Waals surface area contributed by atoms with Crippen LogP contribution in [0.5, 0.6) is 0 Å². The molecule has 0 fully saturated rings. The van der Waals surface area contributed by atoms with Gasteiger partial charge in [-0.2, -0.15) is 0 Å². The summed E-state index contributed by atoms with van der Waals surface area (Å²) < 4.78 is 6.48. The van der Waals surface area contributed by atoms with Crippen LogP contribution in [0.15, 0.2) is 34.5 Å². The van der Waals surface area contributed by atoms with Crippen LogP contribution in [-0.4, -0.2) is 6.61 Å². The van der Waals surface area contributed by atoms with Crippen molar-refractivity contribution in [2.24, 2.45) is 5.84 Å². The van der Waals surface area contributed by atoms with Gasteiger partial charge in [-0.1, -0.05) is 17.7 Å². The molecular formula is C12H14BrClN2O. The summed E-state index contributed by atoms with van der Waals surface area (Å²) in [6.07, 6.45) is 4.17. The first kappa shape index (κ1) is 12.9. The van der Waals surface area contributed by atoms with Crippen molar-refractivity contribution >= 4 is 27.5 Å². The second-order valence-electron chi connectivity index (χ2n) is 3.87. The van der Waals surface area contributed by atoms with Crippen LogP contribution in [0, 0.1) is 0 Å². The molecule has 1 heterocycles. The molecule has 2 rings (SSSR count).